The van der Waals surface area contributed by atoms with Crippen LogP contribution in [0, 0.1) is 13.8 Å². The molecule has 1 saturated heterocycles. The van der Waals surface area contributed by atoms with E-state index in [9.17, 15) is 9.59 Å². The average Bonchev–Trinajstić information content (AvgIpc) is 3.16. The van der Waals surface area contributed by atoms with E-state index in [4.69, 9.17) is 0 Å². The van der Waals surface area contributed by atoms with Gasteiger partial charge in [-0.2, -0.15) is 0 Å². The summed E-state index contributed by atoms with van der Waals surface area (Å²) in [7, 11) is 0. The molecule has 0 saturated carbocycles. The van der Waals surface area contributed by atoms with Crippen molar-refractivity contribution in [1.29, 1.82) is 0 Å². The Morgan fingerprint density at radius 2 is 2.17 bits per heavy atom. The molecule has 1 unspecified atom stereocenters. The van der Waals surface area contributed by atoms with Gasteiger partial charge in [0.25, 0.3) is 5.91 Å². The van der Waals surface area contributed by atoms with E-state index < -0.39 is 0 Å². The topological polar surface area (TPSA) is 62.3 Å². The van der Waals surface area contributed by atoms with Gasteiger partial charge in [0.2, 0.25) is 5.91 Å². The summed E-state index contributed by atoms with van der Waals surface area (Å²) in [6.45, 7) is 6.47. The maximum atomic E-state index is 12.8. The Balaban J connectivity index is 1.86. The van der Waals surface area contributed by atoms with Crippen molar-refractivity contribution in [3.8, 4) is 0 Å². The molecule has 3 rings (SSSR count). The van der Waals surface area contributed by atoms with Gasteiger partial charge in [0.05, 0.1) is 17.3 Å². The van der Waals surface area contributed by atoms with Gasteiger partial charge in [0.15, 0.2) is 0 Å². The SMILES string of the molecule is Cc1ccc(N2CCCC2=O)c(C(=O)NC(C)c2nc(C)cs2)c1. The Kier molecular flexibility index (Phi) is 4.66. The number of nitrogens with one attached hydrogen (secondary N) is 1. The van der Waals surface area contributed by atoms with Gasteiger partial charge in [-0.05, 0) is 39.3 Å². The van der Waals surface area contributed by atoms with E-state index in [-0.39, 0.29) is 17.9 Å². The lowest BCUT2D eigenvalue weighted by molar-refractivity contribution is -0.117. The number of aromatic nitrogens is 1. The molecule has 0 bridgehead atoms. The predicted octanol–water partition coefficient (Wildman–Crippen LogP) is 3.38. The number of hydrogen-bond donors (Lipinski definition) is 1. The van der Waals surface area contributed by atoms with Crippen LogP contribution in [0.1, 0.15) is 52.4 Å². The quantitative estimate of drug-likeness (QED) is 0.926. The first-order chi connectivity index (χ1) is 11.5. The van der Waals surface area contributed by atoms with Crippen LogP contribution in [0.25, 0.3) is 0 Å². The standard InChI is InChI=1S/C18H21N3O2S/c1-11-6-7-15(21-8-4-5-16(21)22)14(9-11)17(23)20-13(3)18-19-12(2)10-24-18/h6-7,9-10,13H,4-5,8H2,1-3H3,(H,20,23). The van der Waals surface area contributed by atoms with E-state index >= 15 is 0 Å². The highest BCUT2D eigenvalue weighted by atomic mass is 32.1. The third kappa shape index (κ3) is 3.33. The second kappa shape index (κ2) is 6.73. The molecule has 0 radical (unpaired) electrons. The lowest BCUT2D eigenvalue weighted by Gasteiger charge is -2.21. The Morgan fingerprint density at radius 3 is 2.79 bits per heavy atom. The first kappa shape index (κ1) is 16.6. The maximum absolute atomic E-state index is 12.8. The fourth-order valence-electron chi connectivity index (χ4n) is 2.88. The predicted molar refractivity (Wildman–Crippen MR) is 95.5 cm³/mol. The van der Waals surface area contributed by atoms with Crippen molar-refractivity contribution in [3.63, 3.8) is 0 Å². The molecule has 2 aromatic rings. The fraction of sp³-hybridized carbons (Fsp3) is 0.389. The minimum atomic E-state index is -0.172. The molecule has 0 spiro atoms. The van der Waals surface area contributed by atoms with Crippen LogP contribution >= 0.6 is 11.3 Å². The van der Waals surface area contributed by atoms with Crippen molar-refractivity contribution < 1.29 is 9.59 Å². The molecular formula is C18H21N3O2S. The number of nitrogens with zero attached hydrogens (tertiary/aromatic N) is 2. The van der Waals surface area contributed by atoms with Gasteiger partial charge in [-0.15, -0.1) is 11.3 Å². The Bertz CT molecular complexity index is 784. The number of carbonyl (C=O) groups excluding carboxylic acids is 2. The van der Waals surface area contributed by atoms with Crippen LogP contribution in [0.15, 0.2) is 23.6 Å². The number of anilines is 1. The first-order valence-electron chi connectivity index (χ1n) is 8.09. The average molecular weight is 343 g/mol. The number of carbonyl (C=O) groups is 2. The summed E-state index contributed by atoms with van der Waals surface area (Å²) in [5.74, 6) is -0.0924. The molecule has 24 heavy (non-hydrogen) atoms. The summed E-state index contributed by atoms with van der Waals surface area (Å²) in [5, 5.41) is 5.86. The summed E-state index contributed by atoms with van der Waals surface area (Å²) < 4.78 is 0. The molecule has 1 aromatic carbocycles. The second-order valence-electron chi connectivity index (χ2n) is 6.19. The zero-order chi connectivity index (χ0) is 17.3. The highest BCUT2D eigenvalue weighted by molar-refractivity contribution is 7.09. The number of benzene rings is 1. The molecule has 126 valence electrons. The van der Waals surface area contributed by atoms with Crippen molar-refractivity contribution in [3.05, 3.63) is 45.4 Å². The van der Waals surface area contributed by atoms with Gasteiger partial charge < -0.3 is 10.2 Å². The number of amides is 2. The maximum Gasteiger partial charge on any atom is 0.253 e. The van der Waals surface area contributed by atoms with Crippen molar-refractivity contribution in [2.45, 2.75) is 39.7 Å². The lowest BCUT2D eigenvalue weighted by Crippen LogP contribution is -2.31. The van der Waals surface area contributed by atoms with E-state index in [1.54, 1.807) is 4.90 Å². The van der Waals surface area contributed by atoms with Crippen LogP contribution in [-0.4, -0.2) is 23.3 Å². The normalized spacial score (nSPS) is 15.6. The van der Waals surface area contributed by atoms with Crippen molar-refractivity contribution in [1.82, 2.24) is 10.3 Å². The van der Waals surface area contributed by atoms with Gasteiger partial charge >= 0.3 is 0 Å². The van der Waals surface area contributed by atoms with Gasteiger partial charge in [-0.3, -0.25) is 9.59 Å². The molecule has 1 fully saturated rings. The largest absolute Gasteiger partial charge is 0.343 e. The van der Waals surface area contributed by atoms with E-state index in [1.165, 1.54) is 11.3 Å². The third-order valence-electron chi connectivity index (χ3n) is 4.12. The molecule has 5 nitrogen and oxygen atoms in total. The Labute approximate surface area is 145 Å². The lowest BCUT2D eigenvalue weighted by atomic mass is 10.1. The summed E-state index contributed by atoms with van der Waals surface area (Å²) in [4.78, 5) is 31.0. The molecule has 6 heteroatoms. The van der Waals surface area contributed by atoms with E-state index in [1.807, 2.05) is 44.4 Å². The smallest absolute Gasteiger partial charge is 0.253 e. The van der Waals surface area contributed by atoms with Gasteiger partial charge in [-0.1, -0.05) is 11.6 Å². The minimum Gasteiger partial charge on any atom is -0.343 e. The molecule has 1 atom stereocenters. The number of rotatable bonds is 4. The van der Waals surface area contributed by atoms with Crippen molar-refractivity contribution in [2.75, 3.05) is 11.4 Å². The summed E-state index contributed by atoms with van der Waals surface area (Å²) >= 11 is 1.54. The zero-order valence-corrected chi connectivity index (χ0v) is 14.9. The van der Waals surface area contributed by atoms with Crippen LogP contribution in [0.2, 0.25) is 0 Å². The molecule has 2 amide bonds. The second-order valence-corrected chi connectivity index (χ2v) is 7.08. The first-order valence-corrected chi connectivity index (χ1v) is 8.97. The molecule has 1 aliphatic rings. The van der Waals surface area contributed by atoms with Gasteiger partial charge in [0, 0.05) is 24.0 Å². The highest BCUT2D eigenvalue weighted by Crippen LogP contribution is 2.27. The van der Waals surface area contributed by atoms with Crippen molar-refractivity contribution in [2.24, 2.45) is 0 Å². The molecular weight excluding hydrogens is 322 g/mol. The molecule has 1 aliphatic heterocycles. The van der Waals surface area contributed by atoms with E-state index in [2.05, 4.69) is 10.3 Å². The van der Waals surface area contributed by atoms with Gasteiger partial charge in [-0.25, -0.2) is 4.98 Å². The zero-order valence-electron chi connectivity index (χ0n) is 14.1. The van der Waals surface area contributed by atoms with E-state index in [0.29, 0.717) is 24.2 Å². The Morgan fingerprint density at radius 1 is 1.38 bits per heavy atom. The van der Waals surface area contributed by atoms with Crippen molar-refractivity contribution >= 4 is 28.8 Å². The summed E-state index contributed by atoms with van der Waals surface area (Å²) in [6, 6.07) is 5.48. The number of hydrogen-bond acceptors (Lipinski definition) is 4. The molecule has 2 heterocycles. The van der Waals surface area contributed by atoms with E-state index in [0.717, 1.165) is 22.7 Å². The third-order valence-corrected chi connectivity index (χ3v) is 5.26. The minimum absolute atomic E-state index is 0.0801. The number of thiazole rings is 1. The van der Waals surface area contributed by atoms with Crippen LogP contribution in [0.5, 0.6) is 0 Å². The summed E-state index contributed by atoms with van der Waals surface area (Å²) in [6.07, 6.45) is 1.38. The summed E-state index contributed by atoms with van der Waals surface area (Å²) in [5.41, 5.74) is 3.19. The number of aryl methyl sites for hydroxylation is 2. The monoisotopic (exact) mass is 343 g/mol. The molecule has 0 aliphatic carbocycles. The fourth-order valence-corrected chi connectivity index (χ4v) is 3.68. The van der Waals surface area contributed by atoms with Crippen LogP contribution < -0.4 is 10.2 Å². The van der Waals surface area contributed by atoms with Gasteiger partial charge in [0.1, 0.15) is 5.01 Å². The van der Waals surface area contributed by atoms with Crippen LogP contribution in [0.3, 0.4) is 0 Å². The van der Waals surface area contributed by atoms with Crippen LogP contribution in [-0.2, 0) is 4.79 Å². The molecule has 1 N–H and O–H groups in total. The van der Waals surface area contributed by atoms with Crippen LogP contribution in [0.4, 0.5) is 5.69 Å². The molecule has 1 aromatic heterocycles. The highest BCUT2D eigenvalue weighted by Gasteiger charge is 2.26. The Hall–Kier alpha value is -2.21.